The Morgan fingerprint density at radius 3 is 2.05 bits per heavy atom. The van der Waals surface area contributed by atoms with Crippen molar-refractivity contribution < 1.29 is 31.5 Å². The molecule has 0 unspecified atom stereocenters. The van der Waals surface area contributed by atoms with Gasteiger partial charge in [-0.25, -0.2) is 18.0 Å². The van der Waals surface area contributed by atoms with E-state index in [4.69, 9.17) is 0 Å². The summed E-state index contributed by atoms with van der Waals surface area (Å²) in [7, 11) is 0. The highest BCUT2D eigenvalue weighted by molar-refractivity contribution is 5.91. The van der Waals surface area contributed by atoms with Crippen LogP contribution in [-0.2, 0) is 0 Å². The molecule has 8 heteroatoms. The molecule has 0 bridgehead atoms. The van der Waals surface area contributed by atoms with Gasteiger partial charge < -0.3 is 4.74 Å². The van der Waals surface area contributed by atoms with E-state index in [1.165, 1.54) is 25.3 Å². The molecule has 0 aliphatic carbocycles. The summed E-state index contributed by atoms with van der Waals surface area (Å²) in [6, 6.07) is 2.40. The summed E-state index contributed by atoms with van der Waals surface area (Å²) in [6.45, 7) is 1.54. The first-order valence-electron chi connectivity index (χ1n) is 5.49. The van der Waals surface area contributed by atoms with E-state index in [1.807, 2.05) is 0 Å². The molecule has 0 fully saturated rings. The van der Waals surface area contributed by atoms with Gasteiger partial charge in [-0.05, 0) is 19.1 Å². The molecule has 2 aromatic rings. The van der Waals surface area contributed by atoms with E-state index in [-0.39, 0.29) is 5.56 Å². The average molecular weight is 303 g/mol. The summed E-state index contributed by atoms with van der Waals surface area (Å²) in [6.07, 6.45) is 1.23. The fraction of sp³-hybridized carbons (Fsp3) is 0.0769. The van der Waals surface area contributed by atoms with Crippen LogP contribution in [0.25, 0.3) is 0 Å². The monoisotopic (exact) mass is 303 g/mol. The lowest BCUT2D eigenvalue weighted by molar-refractivity contribution is 0.0715. The Hall–Kier alpha value is -2.51. The molecule has 0 aliphatic rings. The number of nitrogens with zero attached hydrogens (tertiary/aromatic N) is 1. The number of hydrogen-bond acceptors (Lipinski definition) is 3. The molecule has 0 aliphatic heterocycles. The van der Waals surface area contributed by atoms with Gasteiger partial charge in [-0.1, -0.05) is 0 Å². The second kappa shape index (κ2) is 5.47. The number of ether oxygens (including phenoxy) is 1. The molecular weight excluding hydrogens is 297 g/mol. The summed E-state index contributed by atoms with van der Waals surface area (Å²) in [4.78, 5) is 15.4. The smallest absolute Gasteiger partial charge is 0.343 e. The number of carbonyl (C=O) groups is 1. The van der Waals surface area contributed by atoms with Gasteiger partial charge in [0.25, 0.3) is 0 Å². The second-order valence-corrected chi connectivity index (χ2v) is 3.97. The van der Waals surface area contributed by atoms with Crippen LogP contribution in [0.2, 0.25) is 0 Å². The maximum Gasteiger partial charge on any atom is 0.343 e. The maximum absolute atomic E-state index is 13.3. The highest BCUT2D eigenvalue weighted by Gasteiger charge is 2.28. The first-order valence-corrected chi connectivity index (χ1v) is 5.49. The normalized spacial score (nSPS) is 10.6. The third-order valence-electron chi connectivity index (χ3n) is 2.50. The summed E-state index contributed by atoms with van der Waals surface area (Å²) < 4.78 is 69.7. The zero-order valence-corrected chi connectivity index (χ0v) is 10.4. The number of halogens is 5. The summed E-state index contributed by atoms with van der Waals surface area (Å²) in [5.41, 5.74) is 0.258. The molecule has 1 aromatic carbocycles. The van der Waals surface area contributed by atoms with Gasteiger partial charge in [0.15, 0.2) is 0 Å². The van der Waals surface area contributed by atoms with Crippen LogP contribution in [0.1, 0.15) is 16.1 Å². The molecule has 0 spiro atoms. The van der Waals surface area contributed by atoms with Crippen molar-refractivity contribution in [3.05, 3.63) is 58.7 Å². The zero-order valence-electron chi connectivity index (χ0n) is 10.4. The van der Waals surface area contributed by atoms with E-state index in [0.717, 1.165) is 0 Å². The SMILES string of the molecule is Cc1cc(C(=O)Oc2c(F)c(F)c(F)c(F)c2F)ccn1. The molecule has 110 valence electrons. The van der Waals surface area contributed by atoms with Crippen LogP contribution in [-0.4, -0.2) is 11.0 Å². The van der Waals surface area contributed by atoms with Gasteiger partial charge in [0.1, 0.15) is 0 Å². The minimum Gasteiger partial charge on any atom is -0.416 e. The minimum absolute atomic E-state index is 0.147. The van der Waals surface area contributed by atoms with Crippen LogP contribution >= 0.6 is 0 Å². The van der Waals surface area contributed by atoms with Crippen molar-refractivity contribution in [1.82, 2.24) is 4.98 Å². The summed E-state index contributed by atoms with van der Waals surface area (Å²) in [5.74, 6) is -14.1. The van der Waals surface area contributed by atoms with Crippen molar-refractivity contribution in [3.8, 4) is 5.75 Å². The Kier molecular flexibility index (Phi) is 3.88. The average Bonchev–Trinajstić information content (AvgIpc) is 2.47. The topological polar surface area (TPSA) is 39.2 Å². The Morgan fingerprint density at radius 2 is 1.52 bits per heavy atom. The number of benzene rings is 1. The van der Waals surface area contributed by atoms with Gasteiger partial charge in [-0.3, -0.25) is 4.98 Å². The molecular formula is C13H6F5NO2. The highest BCUT2D eigenvalue weighted by Crippen LogP contribution is 2.29. The fourth-order valence-corrected chi connectivity index (χ4v) is 1.50. The molecule has 3 nitrogen and oxygen atoms in total. The van der Waals surface area contributed by atoms with Crippen LogP contribution in [0, 0.1) is 36.0 Å². The lowest BCUT2D eigenvalue weighted by Crippen LogP contribution is -2.14. The Labute approximate surface area is 115 Å². The third kappa shape index (κ3) is 2.69. The number of carbonyl (C=O) groups excluding carboxylic acids is 1. The van der Waals surface area contributed by atoms with Gasteiger partial charge in [0.05, 0.1) is 5.56 Å². The Morgan fingerprint density at radius 1 is 1.00 bits per heavy atom. The van der Waals surface area contributed by atoms with Crippen LogP contribution in [0.3, 0.4) is 0 Å². The molecule has 0 amide bonds. The van der Waals surface area contributed by atoms with Crippen molar-refractivity contribution in [2.24, 2.45) is 0 Å². The van der Waals surface area contributed by atoms with Gasteiger partial charge in [-0.15, -0.1) is 0 Å². The zero-order chi connectivity index (χ0) is 15.7. The molecule has 0 N–H and O–H groups in total. The van der Waals surface area contributed by atoms with Gasteiger partial charge in [0.2, 0.25) is 34.8 Å². The molecule has 0 radical (unpaired) electrons. The molecule has 0 saturated carbocycles. The van der Waals surface area contributed by atoms with Gasteiger partial charge in [0, 0.05) is 11.9 Å². The molecule has 21 heavy (non-hydrogen) atoms. The standard InChI is InChI=1S/C13H6F5NO2/c1-5-4-6(2-3-19-5)13(20)21-12-10(17)8(15)7(14)9(16)11(12)18/h2-4H,1H3. The molecule has 2 rings (SSSR count). The number of aromatic nitrogens is 1. The lowest BCUT2D eigenvalue weighted by Gasteiger charge is -2.08. The Bertz CT molecular complexity index is 704. The molecule has 1 aromatic heterocycles. The van der Waals surface area contributed by atoms with E-state index < -0.39 is 40.8 Å². The lowest BCUT2D eigenvalue weighted by atomic mass is 10.2. The number of rotatable bonds is 2. The van der Waals surface area contributed by atoms with Crippen LogP contribution in [0.5, 0.6) is 5.75 Å². The Balaban J connectivity index is 2.43. The minimum atomic E-state index is -2.33. The largest absolute Gasteiger partial charge is 0.416 e. The molecule has 0 saturated heterocycles. The summed E-state index contributed by atoms with van der Waals surface area (Å²) >= 11 is 0. The summed E-state index contributed by atoms with van der Waals surface area (Å²) in [5, 5.41) is 0. The number of hydrogen-bond donors (Lipinski definition) is 0. The van der Waals surface area contributed by atoms with Crippen molar-refractivity contribution in [3.63, 3.8) is 0 Å². The third-order valence-corrected chi connectivity index (χ3v) is 2.50. The van der Waals surface area contributed by atoms with Gasteiger partial charge in [-0.2, -0.15) is 8.78 Å². The number of esters is 1. The quantitative estimate of drug-likeness (QED) is 0.281. The van der Waals surface area contributed by atoms with E-state index in [1.54, 1.807) is 0 Å². The van der Waals surface area contributed by atoms with E-state index in [9.17, 15) is 26.7 Å². The van der Waals surface area contributed by atoms with Gasteiger partial charge >= 0.3 is 5.97 Å². The fourth-order valence-electron chi connectivity index (χ4n) is 1.50. The van der Waals surface area contributed by atoms with Crippen LogP contribution in [0.4, 0.5) is 22.0 Å². The highest BCUT2D eigenvalue weighted by atomic mass is 19.2. The number of pyridine rings is 1. The van der Waals surface area contributed by atoms with Crippen molar-refractivity contribution in [2.75, 3.05) is 0 Å². The molecule has 0 atom stereocenters. The van der Waals surface area contributed by atoms with Crippen LogP contribution in [0.15, 0.2) is 18.3 Å². The first-order chi connectivity index (χ1) is 9.82. The van der Waals surface area contributed by atoms with Crippen molar-refractivity contribution >= 4 is 5.97 Å². The van der Waals surface area contributed by atoms with Crippen molar-refractivity contribution in [1.29, 1.82) is 0 Å². The predicted molar refractivity (Wildman–Crippen MR) is 60.2 cm³/mol. The predicted octanol–water partition coefficient (Wildman–Crippen LogP) is 3.30. The van der Waals surface area contributed by atoms with Crippen LogP contribution < -0.4 is 4.74 Å². The molecule has 1 heterocycles. The van der Waals surface area contributed by atoms with Crippen molar-refractivity contribution in [2.45, 2.75) is 6.92 Å². The first kappa shape index (κ1) is 14.9. The second-order valence-electron chi connectivity index (χ2n) is 3.97. The van der Waals surface area contributed by atoms with E-state index in [0.29, 0.717) is 5.69 Å². The van der Waals surface area contributed by atoms with E-state index in [2.05, 4.69) is 9.72 Å². The number of aryl methyl sites for hydroxylation is 1. The van der Waals surface area contributed by atoms with E-state index >= 15 is 0 Å². The maximum atomic E-state index is 13.3.